The summed E-state index contributed by atoms with van der Waals surface area (Å²) in [6, 6.07) is 11.7. The van der Waals surface area contributed by atoms with Crippen molar-refractivity contribution in [3.05, 3.63) is 68.3 Å². The lowest BCUT2D eigenvalue weighted by atomic mass is 10.2. The molecule has 0 aliphatic carbocycles. The molecule has 24 heavy (non-hydrogen) atoms. The monoisotopic (exact) mass is 361 g/mol. The van der Waals surface area contributed by atoms with E-state index >= 15 is 0 Å². The molecule has 0 aliphatic heterocycles. The van der Waals surface area contributed by atoms with E-state index in [0.717, 1.165) is 10.8 Å². The fraction of sp³-hybridized carbons (Fsp3) is 0. The van der Waals surface area contributed by atoms with Crippen LogP contribution in [0.5, 0.6) is 0 Å². The Morgan fingerprint density at radius 1 is 1.12 bits per heavy atom. The molecule has 120 valence electrons. The summed E-state index contributed by atoms with van der Waals surface area (Å²) < 4.78 is 0. The van der Waals surface area contributed by atoms with Gasteiger partial charge in [-0.25, -0.2) is 0 Å². The summed E-state index contributed by atoms with van der Waals surface area (Å²) in [4.78, 5) is 10.3. The third kappa shape index (κ3) is 3.27. The molecular weight excluding hydrogens is 353 g/mol. The molecule has 0 fully saturated rings. The number of nitrogens with one attached hydrogen (secondary N) is 1. The quantitative estimate of drug-likeness (QED) is 0.425. The van der Waals surface area contributed by atoms with Gasteiger partial charge in [-0.3, -0.25) is 15.5 Å². The summed E-state index contributed by atoms with van der Waals surface area (Å²) in [5.41, 5.74) is 3.10. The van der Waals surface area contributed by atoms with Gasteiger partial charge < -0.3 is 0 Å². The molecule has 2 aromatic carbocycles. The Labute approximate surface area is 146 Å². The van der Waals surface area contributed by atoms with Gasteiger partial charge in [0.25, 0.3) is 5.69 Å². The van der Waals surface area contributed by atoms with Crippen molar-refractivity contribution in [2.24, 2.45) is 5.10 Å². The van der Waals surface area contributed by atoms with Crippen molar-refractivity contribution in [2.75, 3.05) is 5.43 Å². The summed E-state index contributed by atoms with van der Waals surface area (Å²) in [7, 11) is 0. The average Bonchev–Trinajstić information content (AvgIpc) is 2.58. The van der Waals surface area contributed by atoms with Crippen molar-refractivity contribution in [1.29, 1.82) is 0 Å². The van der Waals surface area contributed by atoms with Crippen LogP contribution in [0.15, 0.2) is 47.6 Å². The number of hydrogen-bond donors (Lipinski definition) is 1. The number of fused-ring (bicyclic) bond motifs is 1. The molecule has 1 aromatic heterocycles. The van der Waals surface area contributed by atoms with Crippen LogP contribution >= 0.6 is 23.2 Å². The Balaban J connectivity index is 1.86. The average molecular weight is 362 g/mol. The zero-order valence-corrected chi connectivity index (χ0v) is 13.5. The number of aromatic nitrogens is 2. The van der Waals surface area contributed by atoms with Crippen LogP contribution in [0.1, 0.15) is 5.56 Å². The van der Waals surface area contributed by atoms with Crippen molar-refractivity contribution in [3.63, 3.8) is 0 Å². The van der Waals surface area contributed by atoms with Gasteiger partial charge in [-0.2, -0.15) is 5.10 Å². The Morgan fingerprint density at radius 3 is 2.62 bits per heavy atom. The third-order valence-corrected chi connectivity index (χ3v) is 3.79. The van der Waals surface area contributed by atoms with E-state index < -0.39 is 4.92 Å². The molecule has 0 radical (unpaired) electrons. The molecule has 1 heterocycles. The van der Waals surface area contributed by atoms with E-state index in [-0.39, 0.29) is 10.7 Å². The lowest BCUT2D eigenvalue weighted by Crippen LogP contribution is -1.98. The molecule has 7 nitrogen and oxygen atoms in total. The first-order valence-electron chi connectivity index (χ1n) is 6.70. The summed E-state index contributed by atoms with van der Waals surface area (Å²) in [5.74, 6) is 0.426. The van der Waals surface area contributed by atoms with Gasteiger partial charge in [0.1, 0.15) is 5.02 Å². The summed E-state index contributed by atoms with van der Waals surface area (Å²) in [5, 5.41) is 24.6. The molecule has 0 bridgehead atoms. The highest BCUT2D eigenvalue weighted by molar-refractivity contribution is 6.34. The molecule has 9 heteroatoms. The zero-order valence-electron chi connectivity index (χ0n) is 12.0. The molecule has 0 amide bonds. The van der Waals surface area contributed by atoms with Crippen LogP contribution in [-0.4, -0.2) is 21.3 Å². The van der Waals surface area contributed by atoms with Gasteiger partial charge >= 0.3 is 0 Å². The predicted molar refractivity (Wildman–Crippen MR) is 93.9 cm³/mol. The minimum absolute atomic E-state index is 0.0691. The number of nitro benzene ring substituents is 1. The largest absolute Gasteiger partial charge is 0.288 e. The number of hydrogen-bond acceptors (Lipinski definition) is 6. The van der Waals surface area contributed by atoms with Crippen LogP contribution in [0.25, 0.3) is 10.8 Å². The van der Waals surface area contributed by atoms with Crippen LogP contribution in [-0.2, 0) is 0 Å². The van der Waals surface area contributed by atoms with Gasteiger partial charge in [-0.15, -0.1) is 10.2 Å². The van der Waals surface area contributed by atoms with Crippen LogP contribution in [0.4, 0.5) is 11.5 Å². The molecule has 0 saturated carbocycles. The van der Waals surface area contributed by atoms with Gasteiger partial charge in [-0.05, 0) is 6.07 Å². The molecule has 0 aliphatic rings. The highest BCUT2D eigenvalue weighted by Gasteiger charge is 2.12. The fourth-order valence-electron chi connectivity index (χ4n) is 2.07. The zero-order chi connectivity index (χ0) is 17.1. The molecule has 0 saturated heterocycles. The van der Waals surface area contributed by atoms with E-state index in [1.54, 1.807) is 6.07 Å². The van der Waals surface area contributed by atoms with Crippen LogP contribution in [0.2, 0.25) is 10.2 Å². The maximum Gasteiger partial charge on any atom is 0.288 e. The standard InChI is InChI=1S/C15H9Cl2N5O2/c16-12-6-5-9(7-13(12)22(23)24)8-18-20-15-11-4-2-1-3-10(11)14(17)19-21-15/h1-8H,(H,20,21)/b18-8-. The van der Waals surface area contributed by atoms with Gasteiger partial charge in [0, 0.05) is 22.4 Å². The van der Waals surface area contributed by atoms with E-state index in [1.807, 2.05) is 24.3 Å². The summed E-state index contributed by atoms with van der Waals surface area (Å²) in [6.07, 6.45) is 1.42. The van der Waals surface area contributed by atoms with Crippen LogP contribution in [0.3, 0.4) is 0 Å². The van der Waals surface area contributed by atoms with Crippen molar-refractivity contribution in [3.8, 4) is 0 Å². The minimum atomic E-state index is -0.550. The SMILES string of the molecule is O=[N+]([O-])c1cc(/C=N\Nc2nnc(Cl)c3ccccc23)ccc1Cl. The number of halogens is 2. The maximum absolute atomic E-state index is 10.9. The Bertz CT molecular complexity index is 962. The van der Waals surface area contributed by atoms with E-state index in [0.29, 0.717) is 16.5 Å². The van der Waals surface area contributed by atoms with Crippen molar-refractivity contribution < 1.29 is 4.92 Å². The van der Waals surface area contributed by atoms with Crippen molar-refractivity contribution >= 4 is 51.7 Å². The molecule has 0 atom stereocenters. The first-order chi connectivity index (χ1) is 11.6. The highest BCUT2D eigenvalue weighted by Crippen LogP contribution is 2.26. The maximum atomic E-state index is 10.9. The fourth-order valence-corrected chi connectivity index (χ4v) is 2.46. The number of nitro groups is 1. The molecule has 0 unspecified atom stereocenters. The van der Waals surface area contributed by atoms with E-state index in [9.17, 15) is 10.1 Å². The lowest BCUT2D eigenvalue weighted by Gasteiger charge is -2.04. The van der Waals surface area contributed by atoms with Crippen LogP contribution in [0, 0.1) is 10.1 Å². The predicted octanol–water partition coefficient (Wildman–Crippen LogP) is 4.29. The number of benzene rings is 2. The molecular formula is C15H9Cl2N5O2. The summed E-state index contributed by atoms with van der Waals surface area (Å²) in [6.45, 7) is 0. The van der Waals surface area contributed by atoms with Gasteiger partial charge in [0.2, 0.25) is 0 Å². The minimum Gasteiger partial charge on any atom is -0.259 e. The normalized spacial score (nSPS) is 11.1. The van der Waals surface area contributed by atoms with E-state index in [1.165, 1.54) is 18.3 Å². The number of hydrazone groups is 1. The smallest absolute Gasteiger partial charge is 0.259 e. The topological polar surface area (TPSA) is 93.3 Å². The first-order valence-corrected chi connectivity index (χ1v) is 7.46. The second kappa shape index (κ2) is 6.77. The lowest BCUT2D eigenvalue weighted by molar-refractivity contribution is -0.384. The third-order valence-electron chi connectivity index (χ3n) is 3.19. The Kier molecular flexibility index (Phi) is 4.54. The molecule has 1 N–H and O–H groups in total. The van der Waals surface area contributed by atoms with Crippen molar-refractivity contribution in [1.82, 2.24) is 10.2 Å². The second-order valence-corrected chi connectivity index (χ2v) is 5.49. The van der Waals surface area contributed by atoms with E-state index in [4.69, 9.17) is 23.2 Å². The van der Waals surface area contributed by atoms with Gasteiger partial charge in [0.05, 0.1) is 11.1 Å². The van der Waals surface area contributed by atoms with Crippen molar-refractivity contribution in [2.45, 2.75) is 0 Å². The highest BCUT2D eigenvalue weighted by atomic mass is 35.5. The molecule has 0 spiro atoms. The first kappa shape index (κ1) is 16.1. The number of anilines is 1. The van der Waals surface area contributed by atoms with Gasteiger partial charge in [0.15, 0.2) is 11.0 Å². The van der Waals surface area contributed by atoms with Gasteiger partial charge in [-0.1, -0.05) is 53.5 Å². The summed E-state index contributed by atoms with van der Waals surface area (Å²) >= 11 is 11.8. The van der Waals surface area contributed by atoms with Crippen LogP contribution < -0.4 is 5.43 Å². The van der Waals surface area contributed by atoms with E-state index in [2.05, 4.69) is 20.7 Å². The Morgan fingerprint density at radius 2 is 1.88 bits per heavy atom. The molecule has 3 rings (SSSR count). The molecule has 3 aromatic rings. The second-order valence-electron chi connectivity index (χ2n) is 4.72. The Hall–Kier alpha value is -2.77. The number of nitrogens with zero attached hydrogens (tertiary/aromatic N) is 4. The number of rotatable bonds is 4.